The van der Waals surface area contributed by atoms with Crippen molar-refractivity contribution in [2.45, 2.75) is 20.3 Å². The summed E-state index contributed by atoms with van der Waals surface area (Å²) >= 11 is 0. The van der Waals surface area contributed by atoms with Crippen LogP contribution in [0.1, 0.15) is 25.8 Å². The highest BCUT2D eigenvalue weighted by atomic mass is 16.5. The van der Waals surface area contributed by atoms with Crippen molar-refractivity contribution in [1.29, 1.82) is 0 Å². The Kier molecular flexibility index (Phi) is 6.73. The van der Waals surface area contributed by atoms with Crippen LogP contribution < -0.4 is 24.8 Å². The first-order valence-electron chi connectivity index (χ1n) is 9.57. The highest BCUT2D eigenvalue weighted by molar-refractivity contribution is 5.97. The highest BCUT2D eigenvalue weighted by Gasteiger charge is 2.21. The molecule has 2 N–H and O–H groups in total. The Hall–Kier alpha value is -3.48. The number of para-hydroxylation sites is 1. The van der Waals surface area contributed by atoms with Crippen LogP contribution in [-0.4, -0.2) is 31.8 Å². The quantitative estimate of drug-likeness (QED) is 0.546. The number of hydrogen-bond acceptors (Lipinski definition) is 5. The average molecular weight is 396 g/mol. The van der Waals surface area contributed by atoms with E-state index in [0.29, 0.717) is 41.7 Å². The molecule has 0 aliphatic carbocycles. The number of carbonyl (C=O) groups is 2. The van der Waals surface area contributed by atoms with E-state index in [1.807, 2.05) is 32.0 Å². The molecule has 1 aliphatic heterocycles. The molecule has 0 saturated carbocycles. The molecule has 0 saturated heterocycles. The standard InChI is InChI=1S/C22H24N2O5/c1-3-11-23-22(26)24-17-8-6-9-18(13-17)29-21(25)16-12-15-7-5-10-19(27-4-2)20(15)28-14-16/h5-10,12-13H,3-4,11,14H2,1-2H3,(H2,23,24,26). The number of rotatable bonds is 7. The van der Waals surface area contributed by atoms with Gasteiger partial charge in [0, 0.05) is 23.9 Å². The van der Waals surface area contributed by atoms with Crippen LogP contribution in [0.2, 0.25) is 0 Å². The number of fused-ring (bicyclic) bond motifs is 1. The molecule has 0 aromatic heterocycles. The lowest BCUT2D eigenvalue weighted by atomic mass is 10.1. The lowest BCUT2D eigenvalue weighted by Crippen LogP contribution is -2.29. The fourth-order valence-corrected chi connectivity index (χ4v) is 2.79. The van der Waals surface area contributed by atoms with E-state index in [2.05, 4.69) is 10.6 Å². The maximum absolute atomic E-state index is 12.6. The number of hydrogen-bond donors (Lipinski definition) is 2. The van der Waals surface area contributed by atoms with Crippen molar-refractivity contribution < 1.29 is 23.8 Å². The van der Waals surface area contributed by atoms with Gasteiger partial charge in [0.1, 0.15) is 12.4 Å². The number of amides is 2. The molecule has 7 heteroatoms. The maximum atomic E-state index is 12.6. The summed E-state index contributed by atoms with van der Waals surface area (Å²) in [5.74, 6) is 1.09. The Morgan fingerprint density at radius 2 is 1.97 bits per heavy atom. The van der Waals surface area contributed by atoms with Crippen molar-refractivity contribution in [2.75, 3.05) is 25.1 Å². The van der Waals surface area contributed by atoms with Crippen molar-refractivity contribution in [3.05, 3.63) is 53.6 Å². The summed E-state index contributed by atoms with van der Waals surface area (Å²) < 4.78 is 16.7. The van der Waals surface area contributed by atoms with Gasteiger partial charge in [-0.2, -0.15) is 0 Å². The fraction of sp³-hybridized carbons (Fsp3) is 0.273. The van der Waals surface area contributed by atoms with Gasteiger partial charge in [0.2, 0.25) is 0 Å². The first-order chi connectivity index (χ1) is 14.1. The van der Waals surface area contributed by atoms with Gasteiger partial charge in [0.15, 0.2) is 11.5 Å². The summed E-state index contributed by atoms with van der Waals surface area (Å²) in [6.07, 6.45) is 2.58. The number of ether oxygens (including phenoxy) is 3. The molecule has 1 aliphatic rings. The van der Waals surface area contributed by atoms with Crippen molar-refractivity contribution in [2.24, 2.45) is 0 Å². The smallest absolute Gasteiger partial charge is 0.342 e. The Balaban J connectivity index is 1.68. The van der Waals surface area contributed by atoms with Crippen LogP contribution in [0.4, 0.5) is 10.5 Å². The van der Waals surface area contributed by atoms with E-state index in [-0.39, 0.29) is 12.6 Å². The van der Waals surface area contributed by atoms with Crippen LogP contribution in [0.3, 0.4) is 0 Å². The second kappa shape index (κ2) is 9.64. The van der Waals surface area contributed by atoms with Gasteiger partial charge in [-0.1, -0.05) is 25.1 Å². The van der Waals surface area contributed by atoms with E-state index in [9.17, 15) is 9.59 Å². The Morgan fingerprint density at radius 3 is 2.76 bits per heavy atom. The van der Waals surface area contributed by atoms with Gasteiger partial charge >= 0.3 is 12.0 Å². The Bertz CT molecular complexity index is 923. The number of benzene rings is 2. The third-order valence-electron chi connectivity index (χ3n) is 4.11. The molecule has 1 heterocycles. The van der Waals surface area contributed by atoms with E-state index in [1.54, 1.807) is 30.3 Å². The van der Waals surface area contributed by atoms with Crippen LogP contribution in [0, 0.1) is 0 Å². The van der Waals surface area contributed by atoms with E-state index in [4.69, 9.17) is 14.2 Å². The molecule has 2 amide bonds. The summed E-state index contributed by atoms with van der Waals surface area (Å²) in [5, 5.41) is 5.43. The zero-order valence-electron chi connectivity index (χ0n) is 16.5. The van der Waals surface area contributed by atoms with Gasteiger partial charge in [0.05, 0.1) is 12.2 Å². The van der Waals surface area contributed by atoms with Crippen LogP contribution in [0.25, 0.3) is 6.08 Å². The van der Waals surface area contributed by atoms with Gasteiger partial charge in [-0.25, -0.2) is 9.59 Å². The molecule has 2 aromatic carbocycles. The average Bonchev–Trinajstić information content (AvgIpc) is 2.72. The van der Waals surface area contributed by atoms with E-state index < -0.39 is 5.97 Å². The molecular weight excluding hydrogens is 372 g/mol. The second-order valence-electron chi connectivity index (χ2n) is 6.36. The van der Waals surface area contributed by atoms with Crippen LogP contribution in [0.5, 0.6) is 17.2 Å². The first-order valence-corrected chi connectivity index (χ1v) is 9.57. The van der Waals surface area contributed by atoms with Gasteiger partial charge in [0.25, 0.3) is 0 Å². The summed E-state index contributed by atoms with van der Waals surface area (Å²) in [7, 11) is 0. The number of carbonyl (C=O) groups excluding carboxylic acids is 2. The van der Waals surface area contributed by atoms with Crippen LogP contribution >= 0.6 is 0 Å². The summed E-state index contributed by atoms with van der Waals surface area (Å²) in [6, 6.07) is 11.9. The second-order valence-corrected chi connectivity index (χ2v) is 6.36. The third-order valence-corrected chi connectivity index (χ3v) is 4.11. The van der Waals surface area contributed by atoms with Gasteiger partial charge < -0.3 is 24.8 Å². The molecule has 3 rings (SSSR count). The monoisotopic (exact) mass is 396 g/mol. The predicted molar refractivity (Wildman–Crippen MR) is 110 cm³/mol. The van der Waals surface area contributed by atoms with E-state index >= 15 is 0 Å². The minimum Gasteiger partial charge on any atom is -0.490 e. The van der Waals surface area contributed by atoms with Gasteiger partial charge in [-0.3, -0.25) is 0 Å². The van der Waals surface area contributed by atoms with Crippen LogP contribution in [-0.2, 0) is 4.79 Å². The van der Waals surface area contributed by atoms with Crippen LogP contribution in [0.15, 0.2) is 48.0 Å². The minimum atomic E-state index is -0.509. The summed E-state index contributed by atoms with van der Waals surface area (Å²) in [5.41, 5.74) is 1.69. The Morgan fingerprint density at radius 1 is 1.14 bits per heavy atom. The van der Waals surface area contributed by atoms with Gasteiger partial charge in [-0.15, -0.1) is 0 Å². The molecule has 0 radical (unpaired) electrons. The molecule has 0 spiro atoms. The zero-order valence-corrected chi connectivity index (χ0v) is 16.5. The topological polar surface area (TPSA) is 85.9 Å². The molecule has 0 fully saturated rings. The molecule has 0 bridgehead atoms. The van der Waals surface area contributed by atoms with Crippen molar-refractivity contribution in [3.63, 3.8) is 0 Å². The SMILES string of the molecule is CCCNC(=O)Nc1cccc(OC(=O)C2=Cc3cccc(OCC)c3OC2)c1. The van der Waals surface area contributed by atoms with Crippen molar-refractivity contribution >= 4 is 23.8 Å². The van der Waals surface area contributed by atoms with E-state index in [0.717, 1.165) is 12.0 Å². The zero-order chi connectivity index (χ0) is 20.6. The first kappa shape index (κ1) is 20.3. The lowest BCUT2D eigenvalue weighted by molar-refractivity contribution is -0.130. The Labute approximate surface area is 169 Å². The third kappa shape index (κ3) is 5.28. The minimum absolute atomic E-state index is 0.0906. The largest absolute Gasteiger partial charge is 0.490 e. The number of anilines is 1. The number of nitrogens with one attached hydrogen (secondary N) is 2. The maximum Gasteiger partial charge on any atom is 0.342 e. The van der Waals surface area contributed by atoms with Crippen molar-refractivity contribution in [1.82, 2.24) is 5.32 Å². The molecule has 152 valence electrons. The number of urea groups is 1. The molecule has 2 aromatic rings. The number of esters is 1. The van der Waals surface area contributed by atoms with E-state index in [1.165, 1.54) is 0 Å². The molecule has 0 atom stereocenters. The molecule has 7 nitrogen and oxygen atoms in total. The predicted octanol–water partition coefficient (Wildman–Crippen LogP) is 4.00. The molecule has 0 unspecified atom stereocenters. The molecular formula is C22H24N2O5. The summed E-state index contributed by atoms with van der Waals surface area (Å²) in [6.45, 7) is 5.07. The van der Waals surface area contributed by atoms with Crippen molar-refractivity contribution in [3.8, 4) is 17.2 Å². The van der Waals surface area contributed by atoms with Gasteiger partial charge in [-0.05, 0) is 37.6 Å². The fourth-order valence-electron chi connectivity index (χ4n) is 2.79. The highest BCUT2D eigenvalue weighted by Crippen LogP contribution is 2.36. The lowest BCUT2D eigenvalue weighted by Gasteiger charge is -2.19. The summed E-state index contributed by atoms with van der Waals surface area (Å²) in [4.78, 5) is 24.3. The molecule has 29 heavy (non-hydrogen) atoms. The normalized spacial score (nSPS) is 12.1.